The number of hydrogen-bond acceptors (Lipinski definition) is 4. The molecule has 2 unspecified atom stereocenters. The molecule has 2 atom stereocenters. The Morgan fingerprint density at radius 1 is 1.38 bits per heavy atom. The molecular weight excluding hydrogens is 200 g/mol. The van der Waals surface area contributed by atoms with Gasteiger partial charge in [-0.25, -0.2) is 4.98 Å². The van der Waals surface area contributed by atoms with Crippen LogP contribution in [0.25, 0.3) is 0 Å². The van der Waals surface area contributed by atoms with Crippen molar-refractivity contribution in [2.45, 2.75) is 38.8 Å². The topological polar surface area (TPSA) is 41.1 Å². The van der Waals surface area contributed by atoms with Crippen LogP contribution in [0, 0.1) is 0 Å². The quantitative estimate of drug-likeness (QED) is 0.837. The lowest BCUT2D eigenvalue weighted by molar-refractivity contribution is 0.376. The van der Waals surface area contributed by atoms with Crippen LogP contribution in [0.4, 0.5) is 5.82 Å². The molecule has 4 heteroatoms. The highest BCUT2D eigenvalue weighted by atomic mass is 15.3. The summed E-state index contributed by atoms with van der Waals surface area (Å²) in [5.74, 6) is 1.01. The van der Waals surface area contributed by atoms with Gasteiger partial charge in [-0.15, -0.1) is 0 Å². The Balaban J connectivity index is 2.15. The number of aromatic nitrogens is 2. The lowest BCUT2D eigenvalue weighted by Crippen LogP contribution is -2.56. The summed E-state index contributed by atoms with van der Waals surface area (Å²) in [6.07, 6.45) is 7.66. The van der Waals surface area contributed by atoms with Gasteiger partial charge in [-0.05, 0) is 12.8 Å². The van der Waals surface area contributed by atoms with Crippen LogP contribution in [0.15, 0.2) is 18.6 Å². The van der Waals surface area contributed by atoms with E-state index >= 15 is 0 Å². The van der Waals surface area contributed by atoms with E-state index in [1.165, 1.54) is 0 Å². The third-order valence-corrected chi connectivity index (χ3v) is 3.31. The maximum atomic E-state index is 4.40. The summed E-state index contributed by atoms with van der Waals surface area (Å²) < 4.78 is 0. The van der Waals surface area contributed by atoms with Crippen LogP contribution >= 0.6 is 0 Å². The molecule has 1 aromatic rings. The van der Waals surface area contributed by atoms with Crippen LogP contribution in [0.3, 0.4) is 0 Å². The first-order chi connectivity index (χ1) is 7.85. The molecule has 4 nitrogen and oxygen atoms in total. The number of piperazine rings is 1. The van der Waals surface area contributed by atoms with Gasteiger partial charge in [0.25, 0.3) is 0 Å². The average molecular weight is 220 g/mol. The van der Waals surface area contributed by atoms with Crippen LogP contribution in [-0.4, -0.2) is 35.1 Å². The summed E-state index contributed by atoms with van der Waals surface area (Å²) in [7, 11) is 0. The Hall–Kier alpha value is -1.16. The number of nitrogens with one attached hydrogen (secondary N) is 1. The summed E-state index contributed by atoms with van der Waals surface area (Å²) in [6, 6.07) is 1.12. The van der Waals surface area contributed by atoms with Crippen LogP contribution in [0.5, 0.6) is 0 Å². The Kier molecular flexibility index (Phi) is 3.72. The molecule has 0 aliphatic carbocycles. The van der Waals surface area contributed by atoms with E-state index in [4.69, 9.17) is 0 Å². The van der Waals surface area contributed by atoms with E-state index < -0.39 is 0 Å². The van der Waals surface area contributed by atoms with Crippen molar-refractivity contribution in [1.29, 1.82) is 0 Å². The van der Waals surface area contributed by atoms with E-state index in [1.807, 2.05) is 6.20 Å². The molecule has 1 aliphatic rings. The van der Waals surface area contributed by atoms with Crippen molar-refractivity contribution < 1.29 is 0 Å². The molecule has 0 bridgehead atoms. The summed E-state index contributed by atoms with van der Waals surface area (Å²) in [5, 5.41) is 3.58. The minimum Gasteiger partial charge on any atom is -0.350 e. The fourth-order valence-electron chi connectivity index (χ4n) is 2.22. The number of anilines is 1. The molecule has 16 heavy (non-hydrogen) atoms. The van der Waals surface area contributed by atoms with E-state index in [0.717, 1.165) is 31.7 Å². The van der Waals surface area contributed by atoms with Crippen molar-refractivity contribution in [3.05, 3.63) is 18.6 Å². The minimum atomic E-state index is 0.541. The molecule has 0 spiro atoms. The Bertz CT molecular complexity index is 314. The highest BCUT2D eigenvalue weighted by Crippen LogP contribution is 2.18. The van der Waals surface area contributed by atoms with Gasteiger partial charge in [-0.1, -0.05) is 13.8 Å². The van der Waals surface area contributed by atoms with Gasteiger partial charge < -0.3 is 10.2 Å². The van der Waals surface area contributed by atoms with Crippen molar-refractivity contribution >= 4 is 5.82 Å². The van der Waals surface area contributed by atoms with E-state index in [0.29, 0.717) is 12.1 Å². The lowest BCUT2D eigenvalue weighted by atomic mass is 10.1. The lowest BCUT2D eigenvalue weighted by Gasteiger charge is -2.40. The third kappa shape index (κ3) is 2.32. The van der Waals surface area contributed by atoms with Crippen molar-refractivity contribution in [2.75, 3.05) is 18.0 Å². The first-order valence-corrected chi connectivity index (χ1v) is 6.11. The summed E-state index contributed by atoms with van der Waals surface area (Å²) in [6.45, 7) is 6.53. The molecule has 1 aliphatic heterocycles. The Morgan fingerprint density at radius 2 is 2.25 bits per heavy atom. The summed E-state index contributed by atoms with van der Waals surface area (Å²) in [4.78, 5) is 10.9. The molecule has 1 aromatic heterocycles. The normalized spacial score (nSPS) is 25.8. The predicted molar refractivity (Wildman–Crippen MR) is 65.5 cm³/mol. The zero-order valence-corrected chi connectivity index (χ0v) is 10.1. The van der Waals surface area contributed by atoms with Gasteiger partial charge >= 0.3 is 0 Å². The first kappa shape index (κ1) is 11.3. The Labute approximate surface area is 97.1 Å². The smallest absolute Gasteiger partial charge is 0.147 e. The zero-order valence-electron chi connectivity index (χ0n) is 10.1. The minimum absolute atomic E-state index is 0.541. The molecule has 0 radical (unpaired) electrons. The van der Waals surface area contributed by atoms with Crippen molar-refractivity contribution in [2.24, 2.45) is 0 Å². The van der Waals surface area contributed by atoms with Gasteiger partial charge in [0.15, 0.2) is 0 Å². The van der Waals surface area contributed by atoms with E-state index in [2.05, 4.69) is 34.0 Å². The van der Waals surface area contributed by atoms with E-state index in [9.17, 15) is 0 Å². The van der Waals surface area contributed by atoms with Crippen LogP contribution in [0.2, 0.25) is 0 Å². The second kappa shape index (κ2) is 5.25. The highest BCUT2D eigenvalue weighted by molar-refractivity contribution is 5.38. The van der Waals surface area contributed by atoms with Gasteiger partial charge in [0.1, 0.15) is 5.82 Å². The van der Waals surface area contributed by atoms with Crippen LogP contribution in [0.1, 0.15) is 26.7 Å². The van der Waals surface area contributed by atoms with Crippen molar-refractivity contribution in [1.82, 2.24) is 15.3 Å². The van der Waals surface area contributed by atoms with E-state index in [-0.39, 0.29) is 0 Å². The molecule has 1 N–H and O–H groups in total. The van der Waals surface area contributed by atoms with Gasteiger partial charge in [0, 0.05) is 37.6 Å². The second-order valence-corrected chi connectivity index (χ2v) is 4.29. The van der Waals surface area contributed by atoms with Gasteiger partial charge in [0.2, 0.25) is 0 Å². The Morgan fingerprint density at radius 3 is 2.88 bits per heavy atom. The fourth-order valence-corrected chi connectivity index (χ4v) is 2.22. The molecular formula is C12H20N4. The van der Waals surface area contributed by atoms with Crippen molar-refractivity contribution in [3.63, 3.8) is 0 Å². The molecule has 0 amide bonds. The monoisotopic (exact) mass is 220 g/mol. The summed E-state index contributed by atoms with van der Waals surface area (Å²) >= 11 is 0. The molecule has 2 rings (SSSR count). The third-order valence-electron chi connectivity index (χ3n) is 3.31. The maximum Gasteiger partial charge on any atom is 0.147 e. The fraction of sp³-hybridized carbons (Fsp3) is 0.667. The average Bonchev–Trinajstić information content (AvgIpc) is 2.39. The van der Waals surface area contributed by atoms with Gasteiger partial charge in [0.05, 0.1) is 6.20 Å². The highest BCUT2D eigenvalue weighted by Gasteiger charge is 2.26. The summed E-state index contributed by atoms with van der Waals surface area (Å²) in [5.41, 5.74) is 0. The van der Waals surface area contributed by atoms with Crippen molar-refractivity contribution in [3.8, 4) is 0 Å². The predicted octanol–water partition coefficient (Wildman–Crippen LogP) is 1.44. The van der Waals surface area contributed by atoms with Gasteiger partial charge in [-0.2, -0.15) is 0 Å². The maximum absolute atomic E-state index is 4.40. The molecule has 0 aromatic carbocycles. The zero-order chi connectivity index (χ0) is 11.4. The second-order valence-electron chi connectivity index (χ2n) is 4.29. The van der Waals surface area contributed by atoms with Crippen LogP contribution < -0.4 is 10.2 Å². The standard InChI is InChI=1S/C12H20N4/c1-3-10-9-16(11(4-2)7-15-10)12-8-13-5-6-14-12/h5-6,8,10-11,15H,3-4,7,9H2,1-2H3. The number of hydrogen-bond donors (Lipinski definition) is 1. The molecule has 1 saturated heterocycles. The number of rotatable bonds is 3. The van der Waals surface area contributed by atoms with Crippen LogP contribution in [-0.2, 0) is 0 Å². The molecule has 0 saturated carbocycles. The SMILES string of the molecule is CCC1CN(c2cnccn2)C(CC)CN1. The van der Waals surface area contributed by atoms with E-state index in [1.54, 1.807) is 12.4 Å². The molecule has 1 fully saturated rings. The number of nitrogens with zero attached hydrogens (tertiary/aromatic N) is 3. The first-order valence-electron chi connectivity index (χ1n) is 6.11. The van der Waals surface area contributed by atoms with Gasteiger partial charge in [-0.3, -0.25) is 4.98 Å². The molecule has 2 heterocycles. The largest absolute Gasteiger partial charge is 0.350 e. The molecule has 88 valence electrons.